The number of pyridine rings is 1. The Hall–Kier alpha value is -1.62. The standard InChI is InChI=1S/C13H18N4O/c1-9-2-7-12-15-13(16-17(12)8-9)14-10-3-5-11(18)6-4-10/h2,7-8,10-11,18H,3-6H2,1H3,(H,14,16). The van der Waals surface area contributed by atoms with Crippen molar-refractivity contribution in [1.29, 1.82) is 0 Å². The van der Waals surface area contributed by atoms with Crippen molar-refractivity contribution in [1.82, 2.24) is 14.6 Å². The van der Waals surface area contributed by atoms with Gasteiger partial charge in [-0.05, 0) is 44.2 Å². The number of anilines is 1. The van der Waals surface area contributed by atoms with Crippen LogP contribution in [-0.4, -0.2) is 31.9 Å². The Morgan fingerprint density at radius 2 is 2.06 bits per heavy atom. The first-order valence-corrected chi connectivity index (χ1v) is 6.48. The number of hydrogen-bond donors (Lipinski definition) is 2. The van der Waals surface area contributed by atoms with E-state index in [-0.39, 0.29) is 6.10 Å². The van der Waals surface area contributed by atoms with Crippen molar-refractivity contribution in [3.63, 3.8) is 0 Å². The molecular weight excluding hydrogens is 228 g/mol. The van der Waals surface area contributed by atoms with Crippen LogP contribution >= 0.6 is 0 Å². The van der Waals surface area contributed by atoms with Crippen molar-refractivity contribution >= 4 is 11.6 Å². The number of hydrogen-bond acceptors (Lipinski definition) is 4. The molecule has 0 atom stereocenters. The van der Waals surface area contributed by atoms with Gasteiger partial charge in [0, 0.05) is 12.2 Å². The predicted molar refractivity (Wildman–Crippen MR) is 69.6 cm³/mol. The zero-order valence-corrected chi connectivity index (χ0v) is 10.5. The van der Waals surface area contributed by atoms with E-state index < -0.39 is 0 Å². The van der Waals surface area contributed by atoms with Gasteiger partial charge < -0.3 is 10.4 Å². The summed E-state index contributed by atoms with van der Waals surface area (Å²) in [7, 11) is 0. The summed E-state index contributed by atoms with van der Waals surface area (Å²) in [6.45, 7) is 2.04. The van der Waals surface area contributed by atoms with Crippen LogP contribution in [0.15, 0.2) is 18.3 Å². The van der Waals surface area contributed by atoms with Crippen LogP contribution in [0.3, 0.4) is 0 Å². The molecule has 1 aliphatic rings. The minimum Gasteiger partial charge on any atom is -0.393 e. The van der Waals surface area contributed by atoms with Crippen LogP contribution in [0.1, 0.15) is 31.2 Å². The molecule has 0 saturated heterocycles. The Bertz CT molecular complexity index is 543. The van der Waals surface area contributed by atoms with Crippen molar-refractivity contribution in [3.8, 4) is 0 Å². The van der Waals surface area contributed by atoms with Gasteiger partial charge in [-0.1, -0.05) is 6.07 Å². The number of fused-ring (bicyclic) bond motifs is 1. The first kappa shape index (κ1) is 11.5. The molecule has 1 saturated carbocycles. The minimum absolute atomic E-state index is 0.125. The summed E-state index contributed by atoms with van der Waals surface area (Å²) in [4.78, 5) is 4.45. The van der Waals surface area contributed by atoms with E-state index >= 15 is 0 Å². The largest absolute Gasteiger partial charge is 0.393 e. The molecule has 3 rings (SSSR count). The summed E-state index contributed by atoms with van der Waals surface area (Å²) in [6, 6.07) is 4.38. The smallest absolute Gasteiger partial charge is 0.243 e. The fraction of sp³-hybridized carbons (Fsp3) is 0.538. The second-order valence-corrected chi connectivity index (χ2v) is 5.09. The van der Waals surface area contributed by atoms with E-state index in [2.05, 4.69) is 15.4 Å². The Morgan fingerprint density at radius 1 is 1.28 bits per heavy atom. The first-order valence-electron chi connectivity index (χ1n) is 6.48. The molecule has 0 bridgehead atoms. The molecule has 5 heteroatoms. The Labute approximate surface area is 106 Å². The van der Waals surface area contributed by atoms with E-state index in [9.17, 15) is 5.11 Å². The fourth-order valence-electron chi connectivity index (χ4n) is 2.45. The number of rotatable bonds is 2. The Kier molecular flexibility index (Phi) is 2.91. The van der Waals surface area contributed by atoms with Crippen molar-refractivity contribution < 1.29 is 5.11 Å². The average Bonchev–Trinajstić information content (AvgIpc) is 2.73. The van der Waals surface area contributed by atoms with Gasteiger partial charge in [0.25, 0.3) is 0 Å². The lowest BCUT2D eigenvalue weighted by atomic mass is 9.93. The summed E-state index contributed by atoms with van der Waals surface area (Å²) in [5.41, 5.74) is 2.03. The van der Waals surface area contributed by atoms with Crippen molar-refractivity contribution in [3.05, 3.63) is 23.9 Å². The van der Waals surface area contributed by atoms with E-state index in [1.807, 2.05) is 25.3 Å². The second-order valence-electron chi connectivity index (χ2n) is 5.09. The molecule has 2 aromatic heterocycles. The quantitative estimate of drug-likeness (QED) is 0.847. The van der Waals surface area contributed by atoms with Gasteiger partial charge in [0.05, 0.1) is 6.10 Å². The van der Waals surface area contributed by atoms with Gasteiger partial charge >= 0.3 is 0 Å². The van der Waals surface area contributed by atoms with E-state index in [1.165, 1.54) is 5.56 Å². The zero-order chi connectivity index (χ0) is 12.5. The highest BCUT2D eigenvalue weighted by atomic mass is 16.3. The molecule has 1 fully saturated rings. The molecule has 2 aromatic rings. The van der Waals surface area contributed by atoms with Gasteiger partial charge in [0.1, 0.15) is 0 Å². The molecule has 0 aliphatic heterocycles. The molecular formula is C13H18N4O. The van der Waals surface area contributed by atoms with Gasteiger partial charge in [0.15, 0.2) is 5.65 Å². The third kappa shape index (κ3) is 2.31. The van der Waals surface area contributed by atoms with Crippen molar-refractivity contribution in [2.45, 2.75) is 44.8 Å². The monoisotopic (exact) mass is 246 g/mol. The molecule has 96 valence electrons. The van der Waals surface area contributed by atoms with Crippen LogP contribution in [0.25, 0.3) is 5.65 Å². The lowest BCUT2D eigenvalue weighted by Gasteiger charge is -2.25. The molecule has 0 aromatic carbocycles. The van der Waals surface area contributed by atoms with Crippen LogP contribution in [0, 0.1) is 6.92 Å². The summed E-state index contributed by atoms with van der Waals surface area (Å²) >= 11 is 0. The molecule has 1 aliphatic carbocycles. The highest BCUT2D eigenvalue weighted by molar-refractivity contribution is 5.44. The topological polar surface area (TPSA) is 62.5 Å². The van der Waals surface area contributed by atoms with Crippen molar-refractivity contribution in [2.24, 2.45) is 0 Å². The molecule has 5 nitrogen and oxygen atoms in total. The number of aliphatic hydroxyl groups is 1. The summed E-state index contributed by atoms with van der Waals surface area (Å²) in [5.74, 6) is 0.682. The first-order chi connectivity index (χ1) is 8.70. The maximum atomic E-state index is 9.47. The maximum absolute atomic E-state index is 9.47. The average molecular weight is 246 g/mol. The van der Waals surface area contributed by atoms with E-state index in [0.717, 1.165) is 31.3 Å². The Morgan fingerprint density at radius 3 is 2.83 bits per heavy atom. The van der Waals surface area contributed by atoms with E-state index in [1.54, 1.807) is 4.52 Å². The molecule has 0 unspecified atom stereocenters. The van der Waals surface area contributed by atoms with Gasteiger partial charge in [-0.3, -0.25) is 0 Å². The number of aliphatic hydroxyl groups excluding tert-OH is 1. The fourth-order valence-corrected chi connectivity index (χ4v) is 2.45. The normalized spacial score (nSPS) is 24.3. The number of aryl methyl sites for hydroxylation is 1. The summed E-state index contributed by atoms with van der Waals surface area (Å²) in [5, 5.41) is 17.2. The second kappa shape index (κ2) is 4.57. The number of nitrogens with one attached hydrogen (secondary N) is 1. The van der Waals surface area contributed by atoms with Crippen LogP contribution in [0.2, 0.25) is 0 Å². The lowest BCUT2D eigenvalue weighted by Crippen LogP contribution is -2.28. The lowest BCUT2D eigenvalue weighted by molar-refractivity contribution is 0.126. The zero-order valence-electron chi connectivity index (χ0n) is 10.5. The summed E-state index contributed by atoms with van der Waals surface area (Å²) < 4.78 is 1.80. The van der Waals surface area contributed by atoms with Crippen LogP contribution in [0.5, 0.6) is 0 Å². The van der Waals surface area contributed by atoms with Crippen LogP contribution < -0.4 is 5.32 Å². The van der Waals surface area contributed by atoms with Gasteiger partial charge in [-0.25, -0.2) is 4.52 Å². The maximum Gasteiger partial charge on any atom is 0.243 e. The van der Waals surface area contributed by atoms with Crippen LogP contribution in [-0.2, 0) is 0 Å². The van der Waals surface area contributed by atoms with Crippen LogP contribution in [0.4, 0.5) is 5.95 Å². The van der Waals surface area contributed by atoms with Crippen molar-refractivity contribution in [2.75, 3.05) is 5.32 Å². The minimum atomic E-state index is -0.125. The molecule has 0 amide bonds. The van der Waals surface area contributed by atoms with E-state index in [0.29, 0.717) is 12.0 Å². The third-order valence-corrected chi connectivity index (χ3v) is 3.51. The summed E-state index contributed by atoms with van der Waals surface area (Å²) in [6.07, 6.45) is 5.54. The number of nitrogens with zero attached hydrogens (tertiary/aromatic N) is 3. The third-order valence-electron chi connectivity index (χ3n) is 3.51. The molecule has 18 heavy (non-hydrogen) atoms. The molecule has 2 heterocycles. The number of aromatic nitrogens is 3. The SMILES string of the molecule is Cc1ccc2nc(NC3CCC(O)CC3)nn2c1. The highest BCUT2D eigenvalue weighted by Crippen LogP contribution is 2.21. The molecule has 0 spiro atoms. The van der Waals surface area contributed by atoms with Gasteiger partial charge in [-0.15, -0.1) is 5.10 Å². The highest BCUT2D eigenvalue weighted by Gasteiger charge is 2.20. The Balaban J connectivity index is 1.74. The molecule has 0 radical (unpaired) electrons. The molecule has 2 N–H and O–H groups in total. The van der Waals surface area contributed by atoms with Gasteiger partial charge in [0.2, 0.25) is 5.95 Å². The van der Waals surface area contributed by atoms with E-state index in [4.69, 9.17) is 0 Å². The predicted octanol–water partition coefficient (Wildman–Crippen LogP) is 1.75. The van der Waals surface area contributed by atoms with Gasteiger partial charge in [-0.2, -0.15) is 4.98 Å².